The van der Waals surface area contributed by atoms with Crippen molar-refractivity contribution in [2.24, 2.45) is 10.2 Å². The van der Waals surface area contributed by atoms with Gasteiger partial charge in [-0.15, -0.1) is 0 Å². The molecule has 126 valence electrons. The lowest BCUT2D eigenvalue weighted by Crippen LogP contribution is -2.58. The molecule has 1 aliphatic carbocycles. The van der Waals surface area contributed by atoms with E-state index in [-0.39, 0.29) is 12.5 Å². The first-order valence-electron chi connectivity index (χ1n) is 6.55. The average molecular weight is 347 g/mol. The first kappa shape index (κ1) is 18.9. The van der Waals surface area contributed by atoms with Crippen molar-refractivity contribution in [1.29, 1.82) is 0 Å². The second-order valence-electron chi connectivity index (χ2n) is 4.67. The molecule has 0 aromatic rings. The smallest absolute Gasteiger partial charge is 0.303 e. The van der Waals surface area contributed by atoms with Crippen molar-refractivity contribution >= 4 is 23.5 Å². The lowest BCUT2D eigenvalue weighted by Gasteiger charge is -2.42. The highest BCUT2D eigenvalue weighted by molar-refractivity contribution is 6.17. The second kappa shape index (κ2) is 9.06. The van der Waals surface area contributed by atoms with Crippen LogP contribution < -0.4 is 0 Å². The third-order valence-electron chi connectivity index (χ3n) is 3.15. The van der Waals surface area contributed by atoms with E-state index in [1.165, 1.54) is 0 Å². The third kappa shape index (κ3) is 5.19. The molecule has 0 saturated heterocycles. The maximum Gasteiger partial charge on any atom is 0.303 e. The number of alkyl halides is 1. The summed E-state index contributed by atoms with van der Waals surface area (Å²) in [6.07, 6.45) is -3.10. The topological polar surface area (TPSA) is 159 Å². The maximum atomic E-state index is 11.4. The number of nitrogens with zero attached hydrogens (tertiary/aromatic N) is 6. The Kier molecular flexibility index (Phi) is 7.43. The van der Waals surface area contributed by atoms with Gasteiger partial charge in [0, 0.05) is 23.7 Å². The Morgan fingerprint density at radius 3 is 1.96 bits per heavy atom. The fourth-order valence-electron chi connectivity index (χ4n) is 2.44. The molecule has 0 spiro atoms. The van der Waals surface area contributed by atoms with Crippen LogP contribution in [0.2, 0.25) is 0 Å². The first-order valence-corrected chi connectivity index (χ1v) is 7.08. The third-order valence-corrected chi connectivity index (χ3v) is 3.27. The van der Waals surface area contributed by atoms with Crippen molar-refractivity contribution in [3.63, 3.8) is 0 Å². The predicted octanol–water partition coefficient (Wildman–Crippen LogP) is 2.19. The SMILES string of the molecule is CC(=O)OC1C(N=[N+]=[N-])CC(N=[N+]=[N-])C(OCCl)C1OC(C)=O. The fourth-order valence-corrected chi connectivity index (χ4v) is 2.59. The minimum absolute atomic E-state index is 0.0470. The van der Waals surface area contributed by atoms with Gasteiger partial charge in [0.1, 0.15) is 18.3 Å². The number of hydrogen-bond donors (Lipinski definition) is 0. The van der Waals surface area contributed by atoms with Gasteiger partial charge in [0.15, 0.2) is 6.10 Å². The van der Waals surface area contributed by atoms with E-state index in [1.807, 2.05) is 0 Å². The summed E-state index contributed by atoms with van der Waals surface area (Å²) in [4.78, 5) is 28.1. The molecule has 0 heterocycles. The number of carbonyl (C=O) groups is 2. The molecule has 0 aromatic heterocycles. The van der Waals surface area contributed by atoms with Gasteiger partial charge < -0.3 is 14.2 Å². The van der Waals surface area contributed by atoms with Gasteiger partial charge >= 0.3 is 11.9 Å². The summed E-state index contributed by atoms with van der Waals surface area (Å²) < 4.78 is 15.6. The Hall–Kier alpha value is -2.19. The van der Waals surface area contributed by atoms with Gasteiger partial charge in [-0.1, -0.05) is 21.8 Å². The molecule has 0 bridgehead atoms. The van der Waals surface area contributed by atoms with Crippen molar-refractivity contribution in [1.82, 2.24) is 0 Å². The van der Waals surface area contributed by atoms with Gasteiger partial charge in [0.2, 0.25) is 0 Å². The van der Waals surface area contributed by atoms with Crippen LogP contribution in [0.25, 0.3) is 20.9 Å². The Balaban J connectivity index is 3.27. The van der Waals surface area contributed by atoms with Crippen molar-refractivity contribution in [2.75, 3.05) is 6.07 Å². The highest BCUT2D eigenvalue weighted by Crippen LogP contribution is 2.32. The largest absolute Gasteiger partial charge is 0.458 e. The molecule has 1 fully saturated rings. The molecule has 12 heteroatoms. The van der Waals surface area contributed by atoms with Gasteiger partial charge in [-0.3, -0.25) is 9.59 Å². The van der Waals surface area contributed by atoms with Crippen LogP contribution in [-0.4, -0.2) is 48.4 Å². The molecule has 5 atom stereocenters. The van der Waals surface area contributed by atoms with E-state index < -0.39 is 42.3 Å². The number of hydrogen-bond acceptors (Lipinski definition) is 7. The van der Waals surface area contributed by atoms with Gasteiger partial charge in [-0.05, 0) is 17.5 Å². The highest BCUT2D eigenvalue weighted by Gasteiger charge is 2.49. The average Bonchev–Trinajstić information content (AvgIpc) is 2.46. The van der Waals surface area contributed by atoms with Crippen LogP contribution in [0.3, 0.4) is 0 Å². The van der Waals surface area contributed by atoms with Gasteiger partial charge in [-0.25, -0.2) is 0 Å². The number of ether oxygens (including phenoxy) is 3. The number of rotatable bonds is 6. The monoisotopic (exact) mass is 346 g/mol. The van der Waals surface area contributed by atoms with E-state index in [1.54, 1.807) is 0 Å². The molecule has 1 rings (SSSR count). The van der Waals surface area contributed by atoms with Gasteiger partial charge in [0.05, 0.1) is 12.1 Å². The van der Waals surface area contributed by atoms with E-state index in [2.05, 4.69) is 20.1 Å². The normalized spacial score (nSPS) is 29.6. The number of azide groups is 2. The number of esters is 2. The Morgan fingerprint density at radius 1 is 1.04 bits per heavy atom. The summed E-state index contributed by atoms with van der Waals surface area (Å²) >= 11 is 5.57. The van der Waals surface area contributed by atoms with Crippen molar-refractivity contribution in [2.45, 2.75) is 50.7 Å². The summed E-state index contributed by atoms with van der Waals surface area (Å²) in [7, 11) is 0. The summed E-state index contributed by atoms with van der Waals surface area (Å²) in [5.41, 5.74) is 17.4. The molecule has 0 aromatic carbocycles. The minimum Gasteiger partial charge on any atom is -0.458 e. The lowest BCUT2D eigenvalue weighted by molar-refractivity contribution is -0.188. The van der Waals surface area contributed by atoms with Gasteiger partial charge in [-0.2, -0.15) is 0 Å². The molecular formula is C11H15ClN6O5. The van der Waals surface area contributed by atoms with E-state index in [0.717, 1.165) is 13.8 Å². The Morgan fingerprint density at radius 2 is 1.52 bits per heavy atom. The summed E-state index contributed by atoms with van der Waals surface area (Å²) in [5, 5.41) is 7.11. The summed E-state index contributed by atoms with van der Waals surface area (Å²) in [5.74, 6) is -1.33. The van der Waals surface area contributed by atoms with E-state index >= 15 is 0 Å². The zero-order chi connectivity index (χ0) is 17.4. The number of halogens is 1. The van der Waals surface area contributed by atoms with Gasteiger partial charge in [0.25, 0.3) is 0 Å². The molecule has 11 nitrogen and oxygen atoms in total. The second-order valence-corrected chi connectivity index (χ2v) is 4.89. The quantitative estimate of drug-likeness (QED) is 0.236. The molecule has 0 N–H and O–H groups in total. The minimum atomic E-state index is -1.13. The zero-order valence-corrected chi connectivity index (χ0v) is 13.2. The molecule has 0 radical (unpaired) electrons. The van der Waals surface area contributed by atoms with Crippen LogP contribution in [0.4, 0.5) is 0 Å². The predicted molar refractivity (Wildman–Crippen MR) is 77.2 cm³/mol. The number of carbonyl (C=O) groups excluding carboxylic acids is 2. The molecule has 0 aliphatic heterocycles. The van der Waals surface area contributed by atoms with Crippen LogP contribution in [0.15, 0.2) is 10.2 Å². The Labute approximate surface area is 136 Å². The van der Waals surface area contributed by atoms with E-state index in [4.69, 9.17) is 36.9 Å². The van der Waals surface area contributed by atoms with Crippen molar-refractivity contribution in [3.8, 4) is 0 Å². The first-order chi connectivity index (χ1) is 10.9. The lowest BCUT2D eigenvalue weighted by atomic mass is 9.84. The molecule has 1 saturated carbocycles. The maximum absolute atomic E-state index is 11.4. The summed E-state index contributed by atoms with van der Waals surface area (Å²) in [6.45, 7) is 2.32. The van der Waals surface area contributed by atoms with Crippen LogP contribution in [-0.2, 0) is 23.8 Å². The fraction of sp³-hybridized carbons (Fsp3) is 0.818. The standard InChI is InChI=1S/C11H15ClN6O5/c1-5(19)22-10-8(16-18-14)3-7(15-17-13)9(21-4-12)11(10)23-6(2)20/h7-11H,3-4H2,1-2H3. The molecule has 23 heavy (non-hydrogen) atoms. The Bertz CT molecular complexity index is 547. The van der Waals surface area contributed by atoms with E-state index in [0.29, 0.717) is 0 Å². The van der Waals surface area contributed by atoms with Crippen molar-refractivity contribution in [3.05, 3.63) is 20.9 Å². The van der Waals surface area contributed by atoms with Crippen molar-refractivity contribution < 1.29 is 23.8 Å². The van der Waals surface area contributed by atoms with Crippen LogP contribution >= 0.6 is 11.6 Å². The molecular weight excluding hydrogens is 332 g/mol. The molecule has 0 amide bonds. The van der Waals surface area contributed by atoms with Crippen LogP contribution in [0, 0.1) is 0 Å². The summed E-state index contributed by atoms with van der Waals surface area (Å²) in [6, 6.07) is -1.97. The van der Waals surface area contributed by atoms with E-state index in [9.17, 15) is 9.59 Å². The highest BCUT2D eigenvalue weighted by atomic mass is 35.5. The zero-order valence-electron chi connectivity index (χ0n) is 12.4. The molecule has 5 unspecified atom stereocenters. The van der Waals surface area contributed by atoms with Crippen LogP contribution in [0.1, 0.15) is 20.3 Å². The van der Waals surface area contributed by atoms with Crippen LogP contribution in [0.5, 0.6) is 0 Å². The molecule has 1 aliphatic rings.